The molecule has 1 saturated heterocycles. The van der Waals surface area contributed by atoms with Crippen LogP contribution in [0.3, 0.4) is 0 Å². The van der Waals surface area contributed by atoms with Gasteiger partial charge in [-0.3, -0.25) is 9.52 Å². The Morgan fingerprint density at radius 2 is 1.93 bits per heavy atom. The number of nitrogens with one attached hydrogen (secondary N) is 2. The maximum Gasteiger partial charge on any atom is 0.261 e. The molecular formula is C19H22N2O4S2. The van der Waals surface area contributed by atoms with E-state index in [-0.39, 0.29) is 28.2 Å². The number of anilines is 1. The Morgan fingerprint density at radius 3 is 2.59 bits per heavy atom. The Bertz CT molecular complexity index is 892. The highest BCUT2D eigenvalue weighted by molar-refractivity contribution is 7.98. The van der Waals surface area contributed by atoms with Crippen molar-refractivity contribution in [3.8, 4) is 0 Å². The lowest BCUT2D eigenvalue weighted by atomic mass is 10.1. The Kier molecular flexibility index (Phi) is 6.41. The SMILES string of the molecule is CSc1ccc(S(=O)(=O)Nc2ccccc2C(=O)NC[C@H]2CCCO2)cc1. The third-order valence-corrected chi connectivity index (χ3v) is 6.43. The lowest BCUT2D eigenvalue weighted by Crippen LogP contribution is -2.32. The predicted octanol–water partition coefficient (Wildman–Crippen LogP) is 3.12. The molecule has 2 aromatic rings. The van der Waals surface area contributed by atoms with Crippen LogP contribution in [0.15, 0.2) is 58.3 Å². The molecule has 8 heteroatoms. The fraction of sp³-hybridized carbons (Fsp3) is 0.316. The molecule has 2 aromatic carbocycles. The van der Waals surface area contributed by atoms with Crippen LogP contribution in [0.2, 0.25) is 0 Å². The topological polar surface area (TPSA) is 84.5 Å². The van der Waals surface area contributed by atoms with Crippen LogP contribution in [0.25, 0.3) is 0 Å². The highest BCUT2D eigenvalue weighted by Crippen LogP contribution is 2.22. The van der Waals surface area contributed by atoms with Crippen molar-refractivity contribution in [2.24, 2.45) is 0 Å². The maximum atomic E-state index is 12.7. The summed E-state index contributed by atoms with van der Waals surface area (Å²) in [7, 11) is -3.79. The molecule has 144 valence electrons. The average molecular weight is 407 g/mol. The van der Waals surface area contributed by atoms with E-state index in [4.69, 9.17) is 4.74 Å². The molecule has 1 aliphatic rings. The number of hydrogen-bond acceptors (Lipinski definition) is 5. The first kappa shape index (κ1) is 19.7. The zero-order valence-electron chi connectivity index (χ0n) is 15.0. The van der Waals surface area contributed by atoms with E-state index >= 15 is 0 Å². The molecule has 0 saturated carbocycles. The van der Waals surface area contributed by atoms with Crippen molar-refractivity contribution in [2.45, 2.75) is 28.7 Å². The van der Waals surface area contributed by atoms with Gasteiger partial charge in [-0.1, -0.05) is 12.1 Å². The molecule has 0 unspecified atom stereocenters. The van der Waals surface area contributed by atoms with Crippen molar-refractivity contribution in [2.75, 3.05) is 24.1 Å². The first-order chi connectivity index (χ1) is 13.0. The Hall–Kier alpha value is -2.03. The molecule has 1 heterocycles. The molecule has 2 N–H and O–H groups in total. The number of ether oxygens (including phenoxy) is 1. The van der Waals surface area contributed by atoms with Gasteiger partial charge >= 0.3 is 0 Å². The molecule has 1 fully saturated rings. The van der Waals surface area contributed by atoms with Gasteiger partial charge in [0.1, 0.15) is 0 Å². The summed E-state index contributed by atoms with van der Waals surface area (Å²) in [4.78, 5) is 13.6. The van der Waals surface area contributed by atoms with Crippen LogP contribution in [0.4, 0.5) is 5.69 Å². The second-order valence-electron chi connectivity index (χ2n) is 6.17. The summed E-state index contributed by atoms with van der Waals surface area (Å²) in [5.41, 5.74) is 0.524. The van der Waals surface area contributed by atoms with E-state index in [0.717, 1.165) is 17.7 Å². The summed E-state index contributed by atoms with van der Waals surface area (Å²) in [5.74, 6) is -0.332. The van der Waals surface area contributed by atoms with E-state index in [2.05, 4.69) is 10.0 Å². The lowest BCUT2D eigenvalue weighted by molar-refractivity contribution is 0.0858. The molecule has 3 rings (SSSR count). The van der Waals surface area contributed by atoms with Crippen LogP contribution in [0, 0.1) is 0 Å². The number of carbonyl (C=O) groups excluding carboxylic acids is 1. The van der Waals surface area contributed by atoms with E-state index in [1.165, 1.54) is 11.8 Å². The van der Waals surface area contributed by atoms with E-state index < -0.39 is 10.0 Å². The molecule has 27 heavy (non-hydrogen) atoms. The van der Waals surface area contributed by atoms with Gasteiger partial charge in [0, 0.05) is 18.0 Å². The third-order valence-electron chi connectivity index (χ3n) is 4.30. The number of para-hydroxylation sites is 1. The van der Waals surface area contributed by atoms with Crippen molar-refractivity contribution in [1.82, 2.24) is 5.32 Å². The Labute approximate surface area is 163 Å². The molecule has 1 aliphatic heterocycles. The van der Waals surface area contributed by atoms with Crippen LogP contribution in [-0.4, -0.2) is 39.8 Å². The molecule has 0 bridgehead atoms. The molecule has 0 spiro atoms. The molecule has 0 aromatic heterocycles. The number of thioether (sulfide) groups is 1. The summed E-state index contributed by atoms with van der Waals surface area (Å²) in [5, 5.41) is 2.82. The molecule has 1 amide bonds. The zero-order chi connectivity index (χ0) is 19.3. The van der Waals surface area contributed by atoms with Gasteiger partial charge in [-0.05, 0) is 55.5 Å². The highest BCUT2D eigenvalue weighted by atomic mass is 32.2. The molecule has 0 radical (unpaired) electrons. The largest absolute Gasteiger partial charge is 0.376 e. The number of benzene rings is 2. The van der Waals surface area contributed by atoms with Crippen LogP contribution in [-0.2, 0) is 14.8 Å². The second-order valence-corrected chi connectivity index (χ2v) is 8.73. The first-order valence-electron chi connectivity index (χ1n) is 8.65. The number of sulfonamides is 1. The normalized spacial score (nSPS) is 16.9. The van der Waals surface area contributed by atoms with Gasteiger partial charge < -0.3 is 10.1 Å². The van der Waals surface area contributed by atoms with E-state index in [1.807, 2.05) is 6.26 Å². The molecule has 6 nitrogen and oxygen atoms in total. The van der Waals surface area contributed by atoms with E-state index in [9.17, 15) is 13.2 Å². The van der Waals surface area contributed by atoms with Gasteiger partial charge in [0.25, 0.3) is 15.9 Å². The van der Waals surface area contributed by atoms with Crippen LogP contribution in [0.5, 0.6) is 0 Å². The molecule has 0 aliphatic carbocycles. The first-order valence-corrected chi connectivity index (χ1v) is 11.4. The van der Waals surface area contributed by atoms with Gasteiger partial charge in [0.05, 0.1) is 22.3 Å². The minimum absolute atomic E-state index is 0.0211. The quantitative estimate of drug-likeness (QED) is 0.690. The highest BCUT2D eigenvalue weighted by Gasteiger charge is 2.20. The Balaban J connectivity index is 1.75. The maximum absolute atomic E-state index is 12.7. The predicted molar refractivity (Wildman–Crippen MR) is 107 cm³/mol. The van der Waals surface area contributed by atoms with Crippen LogP contribution >= 0.6 is 11.8 Å². The van der Waals surface area contributed by atoms with E-state index in [0.29, 0.717) is 13.2 Å². The van der Waals surface area contributed by atoms with Crippen molar-refractivity contribution in [1.29, 1.82) is 0 Å². The minimum Gasteiger partial charge on any atom is -0.376 e. The lowest BCUT2D eigenvalue weighted by Gasteiger charge is -2.14. The van der Waals surface area contributed by atoms with Crippen LogP contribution in [0.1, 0.15) is 23.2 Å². The monoisotopic (exact) mass is 406 g/mol. The Morgan fingerprint density at radius 1 is 1.19 bits per heavy atom. The fourth-order valence-electron chi connectivity index (χ4n) is 2.84. The van der Waals surface area contributed by atoms with Crippen molar-refractivity contribution in [3.05, 3.63) is 54.1 Å². The van der Waals surface area contributed by atoms with Gasteiger partial charge in [-0.2, -0.15) is 0 Å². The van der Waals surface area contributed by atoms with Gasteiger partial charge in [-0.25, -0.2) is 8.42 Å². The van der Waals surface area contributed by atoms with Gasteiger partial charge in [0.15, 0.2) is 0 Å². The van der Waals surface area contributed by atoms with Gasteiger partial charge in [-0.15, -0.1) is 11.8 Å². The summed E-state index contributed by atoms with van der Waals surface area (Å²) in [6, 6.07) is 13.2. The smallest absolute Gasteiger partial charge is 0.261 e. The minimum atomic E-state index is -3.79. The van der Waals surface area contributed by atoms with E-state index in [1.54, 1.807) is 48.5 Å². The van der Waals surface area contributed by atoms with Crippen molar-refractivity contribution < 1.29 is 17.9 Å². The zero-order valence-corrected chi connectivity index (χ0v) is 16.6. The van der Waals surface area contributed by atoms with Gasteiger partial charge in [0.2, 0.25) is 0 Å². The number of amides is 1. The standard InChI is InChI=1S/C19H22N2O4S2/c1-26-15-8-10-16(11-9-15)27(23,24)21-18-7-3-2-6-17(18)19(22)20-13-14-5-4-12-25-14/h2-3,6-11,14,21H,4-5,12-13H2,1H3,(H,20,22)/t14-/m1/s1. The fourth-order valence-corrected chi connectivity index (χ4v) is 4.32. The summed E-state index contributed by atoms with van der Waals surface area (Å²) >= 11 is 1.54. The van der Waals surface area contributed by atoms with Crippen molar-refractivity contribution in [3.63, 3.8) is 0 Å². The number of carbonyl (C=O) groups is 1. The summed E-state index contributed by atoms with van der Waals surface area (Å²) in [6.45, 7) is 1.13. The third kappa shape index (κ3) is 5.03. The summed E-state index contributed by atoms with van der Waals surface area (Å²) in [6.07, 6.45) is 3.85. The molecular weight excluding hydrogens is 384 g/mol. The van der Waals surface area contributed by atoms with Crippen molar-refractivity contribution >= 4 is 33.4 Å². The summed E-state index contributed by atoms with van der Waals surface area (Å²) < 4.78 is 33.4. The number of rotatable bonds is 7. The van der Waals surface area contributed by atoms with Crippen LogP contribution < -0.4 is 10.0 Å². The molecule has 1 atom stereocenters. The average Bonchev–Trinajstić information content (AvgIpc) is 3.20. The number of hydrogen-bond donors (Lipinski definition) is 2. The second kappa shape index (κ2) is 8.77.